The van der Waals surface area contributed by atoms with E-state index in [9.17, 15) is 10.5 Å². The van der Waals surface area contributed by atoms with E-state index in [2.05, 4.69) is 69.1 Å². The van der Waals surface area contributed by atoms with Gasteiger partial charge in [0.25, 0.3) is 0 Å². The van der Waals surface area contributed by atoms with Crippen molar-refractivity contribution in [3.63, 3.8) is 0 Å². The highest BCUT2D eigenvalue weighted by atomic mass is 16.3. The Balaban J connectivity index is 1.47. The van der Waals surface area contributed by atoms with Crippen LogP contribution in [0.4, 0.5) is 0 Å². The number of para-hydroxylation sites is 2. The zero-order valence-electron chi connectivity index (χ0n) is 18.8. The summed E-state index contributed by atoms with van der Waals surface area (Å²) in [6.07, 6.45) is 0. The fourth-order valence-corrected chi connectivity index (χ4v) is 4.96. The minimum Gasteiger partial charge on any atom is -0.451 e. The lowest BCUT2D eigenvalue weighted by molar-refractivity contribution is 0.663. The van der Waals surface area contributed by atoms with Crippen molar-refractivity contribution in [3.05, 3.63) is 103 Å². The summed E-state index contributed by atoms with van der Waals surface area (Å²) >= 11 is 0. The molecule has 0 saturated carbocycles. The molecule has 36 heavy (non-hydrogen) atoms. The van der Waals surface area contributed by atoms with Gasteiger partial charge in [-0.1, -0.05) is 48.5 Å². The lowest BCUT2D eigenvalue weighted by Crippen LogP contribution is -1.93. The first-order valence-electron chi connectivity index (χ1n) is 11.4. The average Bonchev–Trinajstić information content (AvgIpc) is 3.48. The summed E-state index contributed by atoms with van der Waals surface area (Å²) in [6.45, 7) is 0. The minimum atomic E-state index is -0.0534. The Morgan fingerprint density at radius 3 is 2.19 bits per heavy atom. The summed E-state index contributed by atoms with van der Waals surface area (Å²) in [6, 6.07) is 35.0. The number of benzene rings is 4. The third-order valence-electron chi connectivity index (χ3n) is 6.54. The van der Waals surface area contributed by atoms with Crippen molar-refractivity contribution in [1.82, 2.24) is 14.5 Å². The van der Waals surface area contributed by atoms with Gasteiger partial charge in [-0.15, -0.1) is 0 Å². The molecule has 0 fully saturated rings. The van der Waals surface area contributed by atoms with Crippen LogP contribution in [0.1, 0.15) is 11.5 Å². The van der Waals surface area contributed by atoms with Crippen LogP contribution in [0.2, 0.25) is 0 Å². The zero-order chi connectivity index (χ0) is 24.2. The molecule has 0 amide bonds. The van der Waals surface area contributed by atoms with Gasteiger partial charge in [-0.05, 0) is 53.6 Å². The molecule has 3 aromatic heterocycles. The number of rotatable bonds is 2. The fraction of sp³-hybridized carbons (Fsp3) is 0. The second kappa shape index (κ2) is 7.53. The van der Waals surface area contributed by atoms with Gasteiger partial charge in [0.2, 0.25) is 5.82 Å². The Morgan fingerprint density at radius 2 is 1.39 bits per heavy atom. The molecular formula is C30H15N5O. The molecule has 0 bridgehead atoms. The van der Waals surface area contributed by atoms with Crippen LogP contribution in [-0.4, -0.2) is 14.5 Å². The van der Waals surface area contributed by atoms with Crippen LogP contribution in [0.3, 0.4) is 0 Å². The van der Waals surface area contributed by atoms with Gasteiger partial charge in [0.1, 0.15) is 23.2 Å². The number of hydrogen-bond acceptors (Lipinski definition) is 5. The third-order valence-corrected chi connectivity index (χ3v) is 6.54. The van der Waals surface area contributed by atoms with Crippen molar-refractivity contribution in [2.75, 3.05) is 0 Å². The van der Waals surface area contributed by atoms with E-state index < -0.39 is 0 Å². The average molecular weight is 461 g/mol. The number of aromatic nitrogens is 3. The van der Waals surface area contributed by atoms with Crippen molar-refractivity contribution >= 4 is 43.9 Å². The first-order valence-corrected chi connectivity index (χ1v) is 11.4. The van der Waals surface area contributed by atoms with Crippen molar-refractivity contribution < 1.29 is 4.42 Å². The largest absolute Gasteiger partial charge is 0.451 e. The summed E-state index contributed by atoms with van der Waals surface area (Å²) in [4.78, 5) is 8.31. The molecule has 0 radical (unpaired) electrons. The van der Waals surface area contributed by atoms with Crippen LogP contribution in [0.5, 0.6) is 0 Å². The standard InChI is InChI=1S/C30H15N5O/c31-16-24-30-29(34-28(17-32)33-24)23-15-19(11-13-27(23)36-30)18-10-12-26-22(14-18)21-8-4-5-9-25(21)35(26)20-6-2-1-3-7-20/h1-15H. The van der Waals surface area contributed by atoms with E-state index in [1.165, 1.54) is 5.39 Å². The van der Waals surface area contributed by atoms with E-state index >= 15 is 0 Å². The van der Waals surface area contributed by atoms with Gasteiger partial charge >= 0.3 is 0 Å². The van der Waals surface area contributed by atoms with Crippen LogP contribution in [-0.2, 0) is 0 Å². The molecule has 6 nitrogen and oxygen atoms in total. The van der Waals surface area contributed by atoms with Gasteiger partial charge in [0.15, 0.2) is 11.3 Å². The molecule has 166 valence electrons. The molecule has 0 atom stereocenters. The lowest BCUT2D eigenvalue weighted by atomic mass is 10.0. The molecule has 3 heterocycles. The van der Waals surface area contributed by atoms with Crippen molar-refractivity contribution in [2.45, 2.75) is 0 Å². The Morgan fingerprint density at radius 1 is 0.667 bits per heavy atom. The Hall–Kier alpha value is -5.46. The van der Waals surface area contributed by atoms with Crippen LogP contribution in [0, 0.1) is 22.7 Å². The van der Waals surface area contributed by atoms with Crippen molar-refractivity contribution in [3.8, 4) is 29.0 Å². The van der Waals surface area contributed by atoms with Crippen LogP contribution < -0.4 is 0 Å². The maximum atomic E-state index is 9.47. The summed E-state index contributed by atoms with van der Waals surface area (Å²) in [5.41, 5.74) is 6.85. The van der Waals surface area contributed by atoms with Gasteiger partial charge in [-0.25, -0.2) is 9.97 Å². The summed E-state index contributed by atoms with van der Waals surface area (Å²) in [5, 5.41) is 21.9. The van der Waals surface area contributed by atoms with Crippen molar-refractivity contribution in [2.24, 2.45) is 0 Å². The fourth-order valence-electron chi connectivity index (χ4n) is 4.96. The van der Waals surface area contributed by atoms with E-state index in [4.69, 9.17) is 4.42 Å². The maximum Gasteiger partial charge on any atom is 0.234 e. The maximum absolute atomic E-state index is 9.47. The topological polar surface area (TPSA) is 91.4 Å². The van der Waals surface area contributed by atoms with Crippen LogP contribution in [0.25, 0.3) is 60.7 Å². The van der Waals surface area contributed by atoms with Crippen LogP contribution in [0.15, 0.2) is 95.4 Å². The number of fused-ring (bicyclic) bond motifs is 6. The smallest absolute Gasteiger partial charge is 0.234 e. The Labute approximate surface area is 204 Å². The Kier molecular flexibility index (Phi) is 4.17. The van der Waals surface area contributed by atoms with E-state index in [0.29, 0.717) is 16.7 Å². The Bertz CT molecular complexity index is 2070. The quantitative estimate of drug-likeness (QED) is 0.280. The van der Waals surface area contributed by atoms with E-state index in [0.717, 1.165) is 38.6 Å². The van der Waals surface area contributed by atoms with Crippen LogP contribution >= 0.6 is 0 Å². The highest BCUT2D eigenvalue weighted by molar-refractivity contribution is 6.11. The first-order chi connectivity index (χ1) is 17.7. The lowest BCUT2D eigenvalue weighted by Gasteiger charge is -2.08. The molecule has 0 aliphatic carbocycles. The molecule has 0 N–H and O–H groups in total. The zero-order valence-corrected chi connectivity index (χ0v) is 18.8. The van der Waals surface area contributed by atoms with E-state index in [1.54, 1.807) is 0 Å². The molecule has 0 aliphatic rings. The van der Waals surface area contributed by atoms with E-state index in [1.807, 2.05) is 48.5 Å². The monoisotopic (exact) mass is 461 g/mol. The molecule has 0 saturated heterocycles. The van der Waals surface area contributed by atoms with E-state index in [-0.39, 0.29) is 11.5 Å². The highest BCUT2D eigenvalue weighted by Gasteiger charge is 2.17. The van der Waals surface area contributed by atoms with Gasteiger partial charge in [-0.2, -0.15) is 10.5 Å². The number of nitrogens with zero attached hydrogens (tertiary/aromatic N) is 5. The second-order valence-electron chi connectivity index (χ2n) is 8.53. The molecule has 4 aromatic carbocycles. The van der Waals surface area contributed by atoms with Gasteiger partial charge in [0.05, 0.1) is 11.0 Å². The third kappa shape index (κ3) is 2.82. The van der Waals surface area contributed by atoms with Gasteiger partial charge < -0.3 is 8.98 Å². The highest BCUT2D eigenvalue weighted by Crippen LogP contribution is 2.37. The SMILES string of the molecule is N#Cc1nc(C#N)c2oc3ccc(-c4ccc5c(c4)c4ccccc4n5-c4ccccc4)cc3c2n1. The van der Waals surface area contributed by atoms with Gasteiger partial charge in [0, 0.05) is 21.8 Å². The summed E-state index contributed by atoms with van der Waals surface area (Å²) < 4.78 is 8.17. The first kappa shape index (κ1) is 20.0. The normalized spacial score (nSPS) is 11.3. The number of hydrogen-bond donors (Lipinski definition) is 0. The van der Waals surface area contributed by atoms with Gasteiger partial charge in [-0.3, -0.25) is 0 Å². The number of furan rings is 1. The predicted molar refractivity (Wildman–Crippen MR) is 139 cm³/mol. The molecule has 0 spiro atoms. The minimum absolute atomic E-state index is 0.0534. The molecule has 0 aliphatic heterocycles. The molecular weight excluding hydrogens is 446 g/mol. The van der Waals surface area contributed by atoms with Crippen molar-refractivity contribution in [1.29, 1.82) is 10.5 Å². The molecule has 6 heteroatoms. The second-order valence-corrected chi connectivity index (χ2v) is 8.53. The molecule has 0 unspecified atom stereocenters. The predicted octanol–water partition coefficient (Wildman–Crippen LogP) is 6.88. The summed E-state index contributed by atoms with van der Waals surface area (Å²) in [5.74, 6) is -0.0534. The molecule has 7 aromatic rings. The number of nitriles is 2. The molecule has 7 rings (SSSR count). The summed E-state index contributed by atoms with van der Waals surface area (Å²) in [7, 11) is 0.